The van der Waals surface area contributed by atoms with E-state index in [2.05, 4.69) is 5.32 Å². The Morgan fingerprint density at radius 2 is 2.05 bits per heavy atom. The van der Waals surface area contributed by atoms with E-state index in [1.165, 1.54) is 12.1 Å². The summed E-state index contributed by atoms with van der Waals surface area (Å²) >= 11 is 0. The van der Waals surface area contributed by atoms with E-state index >= 15 is 0 Å². The van der Waals surface area contributed by atoms with E-state index < -0.39 is 10.0 Å². The molecule has 0 radical (unpaired) electrons. The van der Waals surface area contributed by atoms with Gasteiger partial charge in [-0.15, -0.1) is 0 Å². The average Bonchev–Trinajstić information content (AvgIpc) is 2.37. The molecule has 0 saturated heterocycles. The standard InChI is InChI=1S/C13H20N2O4S/c1-9(2)11-8-10(20(14,17)18)4-5-12(11)19-7-6-13(16)15-3/h4-5,8-9H,6-7H2,1-3H3,(H,15,16)(H2,14,17,18). The van der Waals surface area contributed by atoms with Crippen LogP contribution in [0.4, 0.5) is 0 Å². The Hall–Kier alpha value is -1.60. The van der Waals surface area contributed by atoms with Crippen LogP contribution in [0.25, 0.3) is 0 Å². The van der Waals surface area contributed by atoms with Gasteiger partial charge in [0.05, 0.1) is 17.9 Å². The number of ether oxygens (including phenoxy) is 1. The van der Waals surface area contributed by atoms with Crippen LogP contribution in [0.1, 0.15) is 31.7 Å². The third-order valence-electron chi connectivity index (χ3n) is 2.80. The van der Waals surface area contributed by atoms with Crippen molar-refractivity contribution in [2.24, 2.45) is 5.14 Å². The van der Waals surface area contributed by atoms with E-state index in [1.807, 2.05) is 13.8 Å². The van der Waals surface area contributed by atoms with E-state index in [1.54, 1.807) is 13.1 Å². The van der Waals surface area contributed by atoms with E-state index in [0.29, 0.717) is 5.75 Å². The molecule has 0 fully saturated rings. The summed E-state index contributed by atoms with van der Waals surface area (Å²) < 4.78 is 28.2. The van der Waals surface area contributed by atoms with Crippen LogP contribution < -0.4 is 15.2 Å². The number of amides is 1. The fraction of sp³-hybridized carbons (Fsp3) is 0.462. The summed E-state index contributed by atoms with van der Waals surface area (Å²) in [6.45, 7) is 4.08. The summed E-state index contributed by atoms with van der Waals surface area (Å²) in [6, 6.07) is 4.48. The highest BCUT2D eigenvalue weighted by Crippen LogP contribution is 2.28. The molecule has 3 N–H and O–H groups in total. The zero-order valence-electron chi connectivity index (χ0n) is 11.8. The monoisotopic (exact) mass is 300 g/mol. The molecule has 0 atom stereocenters. The maximum atomic E-state index is 11.3. The van der Waals surface area contributed by atoms with E-state index in [4.69, 9.17) is 9.88 Å². The maximum absolute atomic E-state index is 11.3. The number of carbonyl (C=O) groups excluding carboxylic acids is 1. The Morgan fingerprint density at radius 1 is 1.40 bits per heavy atom. The van der Waals surface area contributed by atoms with Gasteiger partial charge in [0.1, 0.15) is 5.75 Å². The summed E-state index contributed by atoms with van der Waals surface area (Å²) in [7, 11) is -2.17. The molecule has 0 unspecified atom stereocenters. The Kier molecular flexibility index (Phi) is 5.52. The lowest BCUT2D eigenvalue weighted by molar-refractivity contribution is -0.121. The molecular formula is C13H20N2O4S. The number of benzene rings is 1. The lowest BCUT2D eigenvalue weighted by atomic mass is 10.0. The van der Waals surface area contributed by atoms with Crippen LogP contribution in [0, 0.1) is 0 Å². The molecule has 0 bridgehead atoms. The first-order chi connectivity index (χ1) is 9.25. The Morgan fingerprint density at radius 3 is 2.55 bits per heavy atom. The molecule has 0 heterocycles. The molecule has 1 aromatic rings. The Bertz CT molecular complexity index is 582. The summed E-state index contributed by atoms with van der Waals surface area (Å²) in [6.07, 6.45) is 0.241. The minimum atomic E-state index is -3.73. The molecule has 0 aliphatic heterocycles. The van der Waals surface area contributed by atoms with Crippen LogP contribution in [0.3, 0.4) is 0 Å². The summed E-state index contributed by atoms with van der Waals surface area (Å²) in [5.41, 5.74) is 0.744. The first-order valence-corrected chi connectivity index (χ1v) is 7.80. The number of nitrogens with two attached hydrogens (primary N) is 1. The highest BCUT2D eigenvalue weighted by molar-refractivity contribution is 7.89. The number of rotatable bonds is 6. The van der Waals surface area contributed by atoms with Gasteiger partial charge >= 0.3 is 0 Å². The minimum absolute atomic E-state index is 0.0554. The fourth-order valence-corrected chi connectivity index (χ4v) is 2.21. The quantitative estimate of drug-likeness (QED) is 0.818. The molecule has 1 aromatic carbocycles. The van der Waals surface area contributed by atoms with E-state index in [-0.39, 0.29) is 29.7 Å². The lowest BCUT2D eigenvalue weighted by Crippen LogP contribution is -2.20. The normalized spacial score (nSPS) is 11.4. The number of primary sulfonamides is 1. The summed E-state index contributed by atoms with van der Waals surface area (Å²) in [4.78, 5) is 11.2. The summed E-state index contributed by atoms with van der Waals surface area (Å²) in [5, 5.41) is 7.62. The SMILES string of the molecule is CNC(=O)CCOc1ccc(S(N)(=O)=O)cc1C(C)C. The van der Waals surface area contributed by atoms with E-state index in [0.717, 1.165) is 5.56 Å². The predicted molar refractivity (Wildman–Crippen MR) is 76.1 cm³/mol. The van der Waals surface area contributed by atoms with Crippen LogP contribution in [-0.2, 0) is 14.8 Å². The van der Waals surface area contributed by atoms with Gasteiger partial charge in [0.2, 0.25) is 15.9 Å². The number of hydrogen-bond acceptors (Lipinski definition) is 4. The molecule has 6 nitrogen and oxygen atoms in total. The molecule has 1 amide bonds. The highest BCUT2D eigenvalue weighted by atomic mass is 32.2. The van der Waals surface area contributed by atoms with Gasteiger partial charge in [-0.3, -0.25) is 4.79 Å². The van der Waals surface area contributed by atoms with Crippen LogP contribution in [-0.4, -0.2) is 28.0 Å². The molecule has 0 aliphatic carbocycles. The first kappa shape index (κ1) is 16.5. The van der Waals surface area contributed by atoms with Crippen molar-refractivity contribution < 1.29 is 17.9 Å². The lowest BCUT2D eigenvalue weighted by Gasteiger charge is -2.15. The van der Waals surface area contributed by atoms with Crippen molar-refractivity contribution >= 4 is 15.9 Å². The van der Waals surface area contributed by atoms with Crippen molar-refractivity contribution in [3.8, 4) is 5.75 Å². The molecule has 0 aromatic heterocycles. The largest absolute Gasteiger partial charge is 0.493 e. The number of hydrogen-bond donors (Lipinski definition) is 2. The molecule has 1 rings (SSSR count). The van der Waals surface area contributed by atoms with Crippen molar-refractivity contribution in [2.75, 3.05) is 13.7 Å². The third-order valence-corrected chi connectivity index (χ3v) is 3.71. The van der Waals surface area contributed by atoms with Crippen LogP contribution in [0.2, 0.25) is 0 Å². The van der Waals surface area contributed by atoms with Crippen LogP contribution in [0.15, 0.2) is 23.1 Å². The average molecular weight is 300 g/mol. The van der Waals surface area contributed by atoms with Crippen molar-refractivity contribution in [1.82, 2.24) is 5.32 Å². The molecule has 112 valence electrons. The molecule has 20 heavy (non-hydrogen) atoms. The second-order valence-corrected chi connectivity index (χ2v) is 6.23. The Labute approximate surface area is 119 Å². The van der Waals surface area contributed by atoms with E-state index in [9.17, 15) is 13.2 Å². The van der Waals surface area contributed by atoms with Crippen LogP contribution >= 0.6 is 0 Å². The van der Waals surface area contributed by atoms with Gasteiger partial charge in [-0.05, 0) is 29.7 Å². The highest BCUT2D eigenvalue weighted by Gasteiger charge is 2.14. The molecule has 0 aliphatic rings. The topological polar surface area (TPSA) is 98.5 Å². The van der Waals surface area contributed by atoms with Gasteiger partial charge in [0.25, 0.3) is 0 Å². The molecule has 7 heteroatoms. The maximum Gasteiger partial charge on any atom is 0.238 e. The molecule has 0 spiro atoms. The second-order valence-electron chi connectivity index (χ2n) is 4.67. The van der Waals surface area contributed by atoms with Gasteiger partial charge in [-0.1, -0.05) is 13.8 Å². The van der Waals surface area contributed by atoms with Crippen molar-refractivity contribution in [3.63, 3.8) is 0 Å². The van der Waals surface area contributed by atoms with Crippen LogP contribution in [0.5, 0.6) is 5.75 Å². The molecular weight excluding hydrogens is 280 g/mol. The smallest absolute Gasteiger partial charge is 0.238 e. The van der Waals surface area contributed by atoms with Gasteiger partial charge in [-0.25, -0.2) is 13.6 Å². The van der Waals surface area contributed by atoms with Crippen molar-refractivity contribution in [3.05, 3.63) is 23.8 Å². The predicted octanol–water partition coefficient (Wildman–Crippen LogP) is 0.972. The molecule has 0 saturated carbocycles. The summed E-state index contributed by atoms with van der Waals surface area (Å²) in [5.74, 6) is 0.528. The van der Waals surface area contributed by atoms with Gasteiger partial charge < -0.3 is 10.1 Å². The second kappa shape index (κ2) is 6.71. The minimum Gasteiger partial charge on any atom is -0.493 e. The number of carbonyl (C=O) groups is 1. The van der Waals surface area contributed by atoms with Gasteiger partial charge in [0.15, 0.2) is 0 Å². The third kappa shape index (κ3) is 4.50. The van der Waals surface area contributed by atoms with Crippen molar-refractivity contribution in [2.45, 2.75) is 31.1 Å². The van der Waals surface area contributed by atoms with Gasteiger partial charge in [-0.2, -0.15) is 0 Å². The number of nitrogens with one attached hydrogen (secondary N) is 1. The number of sulfonamides is 1. The zero-order chi connectivity index (χ0) is 15.3. The Balaban J connectivity index is 2.94. The zero-order valence-corrected chi connectivity index (χ0v) is 12.7. The first-order valence-electron chi connectivity index (χ1n) is 6.26. The van der Waals surface area contributed by atoms with Gasteiger partial charge in [0, 0.05) is 7.05 Å². The fourth-order valence-electron chi connectivity index (χ4n) is 1.66. The van der Waals surface area contributed by atoms with Crippen molar-refractivity contribution in [1.29, 1.82) is 0 Å².